The molecule has 1 N–H and O–H groups in total. The van der Waals surface area contributed by atoms with E-state index in [-0.39, 0.29) is 5.91 Å². The number of amides is 1. The normalized spacial score (nSPS) is 10.5. The summed E-state index contributed by atoms with van der Waals surface area (Å²) >= 11 is 1.45. The highest BCUT2D eigenvalue weighted by Crippen LogP contribution is 2.12. The summed E-state index contributed by atoms with van der Waals surface area (Å²) in [5, 5.41) is 15.4. The fourth-order valence-corrected chi connectivity index (χ4v) is 2.01. The van der Waals surface area contributed by atoms with Gasteiger partial charge in [0.15, 0.2) is 0 Å². The molecule has 0 aromatic carbocycles. The van der Waals surface area contributed by atoms with Crippen LogP contribution in [-0.4, -0.2) is 32.3 Å². The fraction of sp³-hybridized carbons (Fsp3) is 0.333. The highest BCUT2D eigenvalue weighted by molar-refractivity contribution is 7.16. The molecule has 0 unspecified atom stereocenters. The molecule has 0 radical (unpaired) electrons. The zero-order valence-electron chi connectivity index (χ0n) is 8.59. The second-order valence-corrected chi connectivity index (χ2v) is 4.19. The van der Waals surface area contributed by atoms with E-state index in [1.54, 1.807) is 16.9 Å². The molecule has 16 heavy (non-hydrogen) atoms. The van der Waals surface area contributed by atoms with Gasteiger partial charge >= 0.3 is 0 Å². The Balaban J connectivity index is 1.88. The van der Waals surface area contributed by atoms with Crippen LogP contribution in [0.25, 0.3) is 4.96 Å². The van der Waals surface area contributed by atoms with E-state index in [2.05, 4.69) is 27.2 Å². The standard InChI is InChI=1S/C9H11N5OS/c1-2-5-10-7(15)3-4-8-13-14-6-11-12-9(14)16-8/h2,6H,1,3-5H2,(H,10,15). The summed E-state index contributed by atoms with van der Waals surface area (Å²) in [5.74, 6) is 0.00543. The third-order valence-electron chi connectivity index (χ3n) is 1.94. The molecule has 0 fully saturated rings. The van der Waals surface area contributed by atoms with Crippen LogP contribution in [0.2, 0.25) is 0 Å². The summed E-state index contributed by atoms with van der Waals surface area (Å²) in [6.07, 6.45) is 4.25. The van der Waals surface area contributed by atoms with Gasteiger partial charge in [-0.3, -0.25) is 4.79 Å². The van der Waals surface area contributed by atoms with E-state index in [9.17, 15) is 4.79 Å². The Morgan fingerprint density at radius 3 is 3.31 bits per heavy atom. The van der Waals surface area contributed by atoms with Gasteiger partial charge in [-0.15, -0.1) is 16.8 Å². The lowest BCUT2D eigenvalue weighted by atomic mass is 10.3. The van der Waals surface area contributed by atoms with E-state index in [0.29, 0.717) is 19.4 Å². The lowest BCUT2D eigenvalue weighted by Gasteiger charge is -1.99. The highest BCUT2D eigenvalue weighted by atomic mass is 32.1. The molecule has 0 aliphatic heterocycles. The number of rotatable bonds is 5. The zero-order valence-corrected chi connectivity index (χ0v) is 9.40. The van der Waals surface area contributed by atoms with Gasteiger partial charge in [0.2, 0.25) is 10.9 Å². The quantitative estimate of drug-likeness (QED) is 0.765. The number of carbonyl (C=O) groups is 1. The second kappa shape index (κ2) is 4.84. The molecule has 0 aliphatic carbocycles. The second-order valence-electron chi connectivity index (χ2n) is 3.15. The predicted molar refractivity (Wildman–Crippen MR) is 60.2 cm³/mol. The average molecular weight is 237 g/mol. The topological polar surface area (TPSA) is 72.2 Å². The SMILES string of the molecule is C=CCNC(=O)CCc1nn2cnnc2s1. The maximum Gasteiger partial charge on any atom is 0.234 e. The van der Waals surface area contributed by atoms with E-state index in [0.717, 1.165) is 9.97 Å². The Kier molecular flexibility index (Phi) is 3.25. The van der Waals surface area contributed by atoms with E-state index in [4.69, 9.17) is 0 Å². The molecule has 7 heteroatoms. The van der Waals surface area contributed by atoms with Crippen molar-refractivity contribution in [1.29, 1.82) is 0 Å². The number of nitrogens with zero attached hydrogens (tertiary/aromatic N) is 4. The third-order valence-corrected chi connectivity index (χ3v) is 2.91. The molecule has 0 bridgehead atoms. The number of aryl methyl sites for hydroxylation is 1. The number of nitrogens with one attached hydrogen (secondary N) is 1. The first-order valence-corrected chi connectivity index (χ1v) is 5.64. The van der Waals surface area contributed by atoms with Gasteiger partial charge in [0, 0.05) is 19.4 Å². The van der Waals surface area contributed by atoms with Crippen LogP contribution in [0, 0.1) is 0 Å². The average Bonchev–Trinajstić information content (AvgIpc) is 2.83. The first-order chi connectivity index (χ1) is 7.79. The molecule has 2 aromatic heterocycles. The van der Waals surface area contributed by atoms with Gasteiger partial charge < -0.3 is 5.32 Å². The van der Waals surface area contributed by atoms with Crippen molar-refractivity contribution in [3.05, 3.63) is 24.0 Å². The van der Waals surface area contributed by atoms with Gasteiger partial charge in [0.1, 0.15) is 11.3 Å². The Hall–Kier alpha value is -1.76. The molecule has 2 aromatic rings. The van der Waals surface area contributed by atoms with Crippen LogP contribution in [0.1, 0.15) is 11.4 Å². The Morgan fingerprint density at radius 2 is 2.56 bits per heavy atom. The number of aromatic nitrogens is 4. The molecule has 0 aliphatic rings. The summed E-state index contributed by atoms with van der Waals surface area (Å²) in [6, 6.07) is 0. The molecule has 1 amide bonds. The van der Waals surface area contributed by atoms with E-state index < -0.39 is 0 Å². The first-order valence-electron chi connectivity index (χ1n) is 4.83. The molecule has 2 heterocycles. The minimum absolute atomic E-state index is 0.00543. The van der Waals surface area contributed by atoms with E-state index >= 15 is 0 Å². The maximum atomic E-state index is 11.3. The largest absolute Gasteiger partial charge is 0.353 e. The summed E-state index contributed by atoms with van der Waals surface area (Å²) < 4.78 is 1.61. The van der Waals surface area contributed by atoms with Gasteiger partial charge in [-0.25, -0.2) is 0 Å². The lowest BCUT2D eigenvalue weighted by molar-refractivity contribution is -0.120. The van der Waals surface area contributed by atoms with Crippen molar-refractivity contribution >= 4 is 22.2 Å². The Labute approximate surface area is 96.0 Å². The number of fused-ring (bicyclic) bond motifs is 1. The predicted octanol–water partition coefficient (Wildman–Crippen LogP) is 0.421. The van der Waals surface area contributed by atoms with Crippen molar-refractivity contribution < 1.29 is 4.79 Å². The fourth-order valence-electron chi connectivity index (χ4n) is 1.20. The van der Waals surface area contributed by atoms with Crippen molar-refractivity contribution in [3.63, 3.8) is 0 Å². The van der Waals surface area contributed by atoms with Crippen molar-refractivity contribution in [2.45, 2.75) is 12.8 Å². The van der Waals surface area contributed by atoms with Crippen LogP contribution in [0.3, 0.4) is 0 Å². The van der Waals surface area contributed by atoms with Crippen molar-refractivity contribution in [1.82, 2.24) is 25.1 Å². The van der Waals surface area contributed by atoms with Gasteiger partial charge in [-0.05, 0) is 0 Å². The van der Waals surface area contributed by atoms with E-state index in [1.165, 1.54) is 11.3 Å². The van der Waals surface area contributed by atoms with Crippen molar-refractivity contribution in [3.8, 4) is 0 Å². The van der Waals surface area contributed by atoms with Crippen LogP contribution < -0.4 is 5.32 Å². The Bertz CT molecular complexity index is 474. The number of carbonyl (C=O) groups excluding carboxylic acids is 1. The van der Waals surface area contributed by atoms with Crippen molar-refractivity contribution in [2.24, 2.45) is 0 Å². The minimum atomic E-state index is 0.00543. The molecule has 0 spiro atoms. The van der Waals surface area contributed by atoms with Crippen LogP contribution in [0.4, 0.5) is 0 Å². The first kappa shape index (κ1) is 10.7. The molecular formula is C9H11N5OS. The van der Waals surface area contributed by atoms with Crippen LogP contribution in [-0.2, 0) is 11.2 Å². The number of hydrogen-bond donors (Lipinski definition) is 1. The van der Waals surface area contributed by atoms with Crippen LogP contribution in [0.15, 0.2) is 19.0 Å². The number of hydrogen-bond acceptors (Lipinski definition) is 5. The molecule has 6 nitrogen and oxygen atoms in total. The molecular weight excluding hydrogens is 226 g/mol. The minimum Gasteiger partial charge on any atom is -0.353 e. The summed E-state index contributed by atoms with van der Waals surface area (Å²) in [7, 11) is 0. The van der Waals surface area contributed by atoms with Gasteiger partial charge in [-0.1, -0.05) is 17.4 Å². The molecule has 0 atom stereocenters. The zero-order chi connectivity index (χ0) is 11.4. The monoisotopic (exact) mass is 237 g/mol. The maximum absolute atomic E-state index is 11.3. The molecule has 2 rings (SSSR count). The summed E-state index contributed by atoms with van der Waals surface area (Å²) in [5.41, 5.74) is 0. The summed E-state index contributed by atoms with van der Waals surface area (Å²) in [6.45, 7) is 4.03. The van der Waals surface area contributed by atoms with Gasteiger partial charge in [-0.2, -0.15) is 9.61 Å². The Morgan fingerprint density at radius 1 is 1.69 bits per heavy atom. The van der Waals surface area contributed by atoms with Crippen LogP contribution >= 0.6 is 11.3 Å². The van der Waals surface area contributed by atoms with Gasteiger partial charge in [0.05, 0.1) is 0 Å². The highest BCUT2D eigenvalue weighted by Gasteiger charge is 2.07. The summed E-state index contributed by atoms with van der Waals surface area (Å²) in [4.78, 5) is 12.1. The molecule has 84 valence electrons. The van der Waals surface area contributed by atoms with Gasteiger partial charge in [0.25, 0.3) is 0 Å². The van der Waals surface area contributed by atoms with Crippen molar-refractivity contribution in [2.75, 3.05) is 6.54 Å². The smallest absolute Gasteiger partial charge is 0.234 e. The molecule has 0 saturated carbocycles. The third kappa shape index (κ3) is 2.43. The van der Waals surface area contributed by atoms with E-state index in [1.807, 2.05) is 0 Å². The molecule has 0 saturated heterocycles. The van der Waals surface area contributed by atoms with Crippen LogP contribution in [0.5, 0.6) is 0 Å². The lowest BCUT2D eigenvalue weighted by Crippen LogP contribution is -2.23.